The van der Waals surface area contributed by atoms with E-state index in [0.717, 1.165) is 74.6 Å². The van der Waals surface area contributed by atoms with Gasteiger partial charge in [-0.2, -0.15) is 0 Å². The first-order chi connectivity index (χ1) is 13.7. The Hall–Kier alpha value is -2.70. The monoisotopic (exact) mass is 378 g/mol. The van der Waals surface area contributed by atoms with Gasteiger partial charge in [0.05, 0.1) is 0 Å². The summed E-state index contributed by atoms with van der Waals surface area (Å²) in [5.74, 6) is 0.176. The summed E-state index contributed by atoms with van der Waals surface area (Å²) >= 11 is 0. The van der Waals surface area contributed by atoms with E-state index < -0.39 is 0 Å². The highest BCUT2D eigenvalue weighted by Crippen LogP contribution is 2.21. The van der Waals surface area contributed by atoms with E-state index in [1.807, 2.05) is 58.3 Å². The molecule has 0 radical (unpaired) electrons. The minimum Gasteiger partial charge on any atom is -0.336 e. The first-order valence-electron chi connectivity index (χ1n) is 9.93. The summed E-state index contributed by atoms with van der Waals surface area (Å²) in [6.07, 6.45) is 0. The maximum atomic E-state index is 12.6. The van der Waals surface area contributed by atoms with E-state index in [4.69, 9.17) is 0 Å². The molecule has 0 atom stereocenters. The fraction of sp³-hybridized carbons (Fsp3) is 0.364. The number of nitrogens with one attached hydrogen (secondary N) is 2. The second kappa shape index (κ2) is 8.54. The molecule has 0 unspecified atom stereocenters. The van der Waals surface area contributed by atoms with Gasteiger partial charge in [0.1, 0.15) is 0 Å². The van der Waals surface area contributed by atoms with Gasteiger partial charge in [0, 0.05) is 63.5 Å². The SMILES string of the molecule is O=C(c1ccc(-c2ccc(C(=O)N3CCNCC3)cc2)cc1)N1CCNCC1. The van der Waals surface area contributed by atoms with Crippen LogP contribution in [0.4, 0.5) is 0 Å². The minimum atomic E-state index is 0.0880. The average Bonchev–Trinajstić information content (AvgIpc) is 2.79. The molecule has 0 aliphatic carbocycles. The third-order valence-electron chi connectivity index (χ3n) is 5.41. The zero-order valence-electron chi connectivity index (χ0n) is 16.0. The fourth-order valence-corrected chi connectivity index (χ4v) is 3.71. The predicted molar refractivity (Wildman–Crippen MR) is 109 cm³/mol. The molecule has 2 heterocycles. The van der Waals surface area contributed by atoms with Gasteiger partial charge in [-0.15, -0.1) is 0 Å². The number of amides is 2. The number of benzene rings is 2. The van der Waals surface area contributed by atoms with E-state index >= 15 is 0 Å². The van der Waals surface area contributed by atoms with Crippen LogP contribution in [0, 0.1) is 0 Å². The molecule has 2 amide bonds. The highest BCUT2D eigenvalue weighted by atomic mass is 16.2. The van der Waals surface area contributed by atoms with Crippen molar-refractivity contribution in [3.05, 3.63) is 59.7 Å². The number of rotatable bonds is 3. The Morgan fingerprint density at radius 2 is 0.893 bits per heavy atom. The van der Waals surface area contributed by atoms with E-state index in [2.05, 4.69) is 10.6 Å². The van der Waals surface area contributed by atoms with Crippen molar-refractivity contribution in [2.45, 2.75) is 0 Å². The second-order valence-corrected chi connectivity index (χ2v) is 7.24. The van der Waals surface area contributed by atoms with Crippen molar-refractivity contribution >= 4 is 11.8 Å². The highest BCUT2D eigenvalue weighted by Gasteiger charge is 2.19. The molecule has 6 nitrogen and oxygen atoms in total. The Balaban J connectivity index is 1.44. The van der Waals surface area contributed by atoms with E-state index in [1.54, 1.807) is 0 Å². The standard InChI is InChI=1S/C22H26N4O2/c27-21(25-13-9-23-10-14-25)19-5-1-17(2-6-19)18-3-7-20(8-4-18)22(28)26-15-11-24-12-16-26/h1-8,23-24H,9-16H2. The Labute approximate surface area is 165 Å². The van der Waals surface area contributed by atoms with Crippen LogP contribution < -0.4 is 10.6 Å². The van der Waals surface area contributed by atoms with E-state index in [1.165, 1.54) is 0 Å². The molecule has 0 bridgehead atoms. The zero-order chi connectivity index (χ0) is 19.3. The molecular weight excluding hydrogens is 352 g/mol. The number of hydrogen-bond acceptors (Lipinski definition) is 4. The van der Waals surface area contributed by atoms with Gasteiger partial charge in [-0.05, 0) is 35.4 Å². The molecule has 0 spiro atoms. The Morgan fingerprint density at radius 3 is 1.21 bits per heavy atom. The van der Waals surface area contributed by atoms with Gasteiger partial charge in [-0.1, -0.05) is 24.3 Å². The Kier molecular flexibility index (Phi) is 5.69. The van der Waals surface area contributed by atoms with Crippen molar-refractivity contribution in [1.29, 1.82) is 0 Å². The van der Waals surface area contributed by atoms with Crippen LogP contribution in [-0.2, 0) is 0 Å². The quantitative estimate of drug-likeness (QED) is 0.849. The number of carbonyl (C=O) groups excluding carboxylic acids is 2. The van der Waals surface area contributed by atoms with Gasteiger partial charge in [-0.3, -0.25) is 9.59 Å². The van der Waals surface area contributed by atoms with Crippen molar-refractivity contribution in [2.75, 3.05) is 52.4 Å². The fourth-order valence-electron chi connectivity index (χ4n) is 3.71. The summed E-state index contributed by atoms with van der Waals surface area (Å²) in [7, 11) is 0. The second-order valence-electron chi connectivity index (χ2n) is 7.24. The van der Waals surface area contributed by atoms with Gasteiger partial charge in [0.25, 0.3) is 11.8 Å². The number of piperazine rings is 2. The van der Waals surface area contributed by atoms with Gasteiger partial charge in [0.15, 0.2) is 0 Å². The summed E-state index contributed by atoms with van der Waals surface area (Å²) in [5.41, 5.74) is 3.52. The smallest absolute Gasteiger partial charge is 0.253 e. The molecule has 2 fully saturated rings. The van der Waals surface area contributed by atoms with Crippen LogP contribution in [0.5, 0.6) is 0 Å². The molecule has 28 heavy (non-hydrogen) atoms. The number of nitrogens with zero attached hydrogens (tertiary/aromatic N) is 2. The molecule has 2 aromatic rings. The maximum absolute atomic E-state index is 12.6. The number of carbonyl (C=O) groups is 2. The topological polar surface area (TPSA) is 64.7 Å². The molecule has 2 aliphatic heterocycles. The molecule has 4 rings (SSSR count). The first-order valence-corrected chi connectivity index (χ1v) is 9.93. The van der Waals surface area contributed by atoms with Crippen LogP contribution in [0.25, 0.3) is 11.1 Å². The van der Waals surface area contributed by atoms with Gasteiger partial charge < -0.3 is 20.4 Å². The van der Waals surface area contributed by atoms with Crippen LogP contribution in [0.3, 0.4) is 0 Å². The largest absolute Gasteiger partial charge is 0.336 e. The van der Waals surface area contributed by atoms with Crippen LogP contribution in [-0.4, -0.2) is 74.0 Å². The highest BCUT2D eigenvalue weighted by molar-refractivity contribution is 5.96. The summed E-state index contributed by atoms with van der Waals surface area (Å²) < 4.78 is 0. The van der Waals surface area contributed by atoms with Crippen molar-refractivity contribution in [2.24, 2.45) is 0 Å². The summed E-state index contributed by atoms with van der Waals surface area (Å²) in [6.45, 7) is 6.41. The van der Waals surface area contributed by atoms with Crippen LogP contribution in [0.15, 0.2) is 48.5 Å². The lowest BCUT2D eigenvalue weighted by Gasteiger charge is -2.27. The third-order valence-corrected chi connectivity index (χ3v) is 5.41. The molecule has 2 saturated heterocycles. The first kappa shape index (κ1) is 18.7. The molecule has 2 aromatic carbocycles. The van der Waals surface area contributed by atoms with Crippen LogP contribution >= 0.6 is 0 Å². The normalized spacial score (nSPS) is 17.4. The van der Waals surface area contributed by atoms with Gasteiger partial charge in [0.2, 0.25) is 0 Å². The third kappa shape index (κ3) is 4.08. The number of hydrogen-bond donors (Lipinski definition) is 2. The molecule has 0 saturated carbocycles. The van der Waals surface area contributed by atoms with E-state index in [0.29, 0.717) is 0 Å². The van der Waals surface area contributed by atoms with Crippen molar-refractivity contribution in [3.63, 3.8) is 0 Å². The van der Waals surface area contributed by atoms with Crippen molar-refractivity contribution < 1.29 is 9.59 Å². The molecule has 6 heteroatoms. The molecule has 146 valence electrons. The summed E-state index contributed by atoms with van der Waals surface area (Å²) in [4.78, 5) is 28.9. The molecule has 2 N–H and O–H groups in total. The van der Waals surface area contributed by atoms with Crippen molar-refractivity contribution in [3.8, 4) is 11.1 Å². The lowest BCUT2D eigenvalue weighted by molar-refractivity contribution is 0.0728. The van der Waals surface area contributed by atoms with Crippen LogP contribution in [0.2, 0.25) is 0 Å². The summed E-state index contributed by atoms with van der Waals surface area (Å²) in [5, 5.41) is 6.52. The maximum Gasteiger partial charge on any atom is 0.253 e. The average molecular weight is 378 g/mol. The van der Waals surface area contributed by atoms with Crippen molar-refractivity contribution in [1.82, 2.24) is 20.4 Å². The van der Waals surface area contributed by atoms with E-state index in [-0.39, 0.29) is 11.8 Å². The minimum absolute atomic E-state index is 0.0880. The summed E-state index contributed by atoms with van der Waals surface area (Å²) in [6, 6.07) is 15.5. The van der Waals surface area contributed by atoms with Crippen LogP contribution in [0.1, 0.15) is 20.7 Å². The Bertz CT molecular complexity index is 749. The van der Waals surface area contributed by atoms with E-state index in [9.17, 15) is 9.59 Å². The predicted octanol–water partition coefficient (Wildman–Crippen LogP) is 1.44. The molecule has 0 aromatic heterocycles. The van der Waals surface area contributed by atoms with Gasteiger partial charge in [-0.25, -0.2) is 0 Å². The molecular formula is C22H26N4O2. The zero-order valence-corrected chi connectivity index (χ0v) is 16.0. The molecule has 2 aliphatic rings. The Morgan fingerprint density at radius 1 is 0.571 bits per heavy atom. The lowest BCUT2D eigenvalue weighted by Crippen LogP contribution is -2.46. The lowest BCUT2D eigenvalue weighted by atomic mass is 10.0. The van der Waals surface area contributed by atoms with Gasteiger partial charge >= 0.3 is 0 Å².